The van der Waals surface area contributed by atoms with E-state index >= 15 is 0 Å². The second-order valence-electron chi connectivity index (χ2n) is 2.52. The molecule has 0 saturated heterocycles. The first kappa shape index (κ1) is 11.1. The summed E-state index contributed by atoms with van der Waals surface area (Å²) in [6.07, 6.45) is -0.803. The molecule has 0 saturated carbocycles. The molecule has 0 radical (unpaired) electrons. The molecule has 72 valence electrons. The lowest BCUT2D eigenvalue weighted by Gasteiger charge is -2.11. The van der Waals surface area contributed by atoms with Crippen LogP contribution in [0.15, 0.2) is 12.1 Å². The Labute approximate surface area is 91.2 Å². The van der Waals surface area contributed by atoms with Gasteiger partial charge in [-0.15, -0.1) is 0 Å². The van der Waals surface area contributed by atoms with Gasteiger partial charge in [0.2, 0.25) is 0 Å². The molecule has 3 N–H and O–H groups in total. The van der Waals surface area contributed by atoms with Crippen LogP contribution in [0.25, 0.3) is 0 Å². The van der Waals surface area contributed by atoms with E-state index < -0.39 is 6.10 Å². The summed E-state index contributed by atoms with van der Waals surface area (Å²) in [5.74, 6) is 0. The molecule has 0 aliphatic heterocycles. The van der Waals surface area contributed by atoms with Crippen molar-refractivity contribution in [2.24, 2.45) is 5.73 Å². The summed E-state index contributed by atoms with van der Waals surface area (Å²) in [4.78, 5) is 0. The Morgan fingerprint density at radius 2 is 1.85 bits per heavy atom. The van der Waals surface area contributed by atoms with Crippen molar-refractivity contribution in [2.75, 3.05) is 6.54 Å². The molecule has 1 rings (SSSR count). The molecule has 1 aromatic carbocycles. The minimum absolute atomic E-state index is 0.0949. The van der Waals surface area contributed by atoms with Crippen LogP contribution < -0.4 is 5.73 Å². The first-order valence-corrected chi connectivity index (χ1v) is 4.72. The van der Waals surface area contributed by atoms with Crippen LogP contribution in [0.2, 0.25) is 15.1 Å². The van der Waals surface area contributed by atoms with Crippen LogP contribution in [0, 0.1) is 0 Å². The van der Waals surface area contributed by atoms with Gasteiger partial charge in [0, 0.05) is 12.1 Å². The summed E-state index contributed by atoms with van der Waals surface area (Å²) in [6, 6.07) is 3.18. The quantitative estimate of drug-likeness (QED) is 0.781. The summed E-state index contributed by atoms with van der Waals surface area (Å²) >= 11 is 17.3. The molecule has 0 aromatic heterocycles. The largest absolute Gasteiger partial charge is 0.387 e. The van der Waals surface area contributed by atoms with Crippen molar-refractivity contribution < 1.29 is 5.11 Å². The molecule has 0 heterocycles. The minimum Gasteiger partial charge on any atom is -0.387 e. The molecule has 0 aliphatic rings. The van der Waals surface area contributed by atoms with Crippen LogP contribution in [-0.2, 0) is 0 Å². The fourth-order valence-corrected chi connectivity index (χ4v) is 1.59. The molecule has 0 fully saturated rings. The van der Waals surface area contributed by atoms with Crippen molar-refractivity contribution in [1.29, 1.82) is 0 Å². The zero-order valence-electron chi connectivity index (χ0n) is 6.60. The van der Waals surface area contributed by atoms with Crippen LogP contribution in [0.1, 0.15) is 11.7 Å². The summed E-state index contributed by atoms with van der Waals surface area (Å²) in [7, 11) is 0. The van der Waals surface area contributed by atoms with E-state index in [2.05, 4.69) is 0 Å². The minimum atomic E-state index is -0.803. The third-order valence-corrected chi connectivity index (χ3v) is 2.96. The van der Waals surface area contributed by atoms with Gasteiger partial charge in [-0.2, -0.15) is 0 Å². The third-order valence-electron chi connectivity index (χ3n) is 1.65. The van der Waals surface area contributed by atoms with Gasteiger partial charge >= 0.3 is 0 Å². The average Bonchev–Trinajstić information content (AvgIpc) is 2.13. The van der Waals surface area contributed by atoms with Gasteiger partial charge in [0.05, 0.1) is 21.2 Å². The number of rotatable bonds is 2. The molecule has 1 atom stereocenters. The second-order valence-corrected chi connectivity index (χ2v) is 3.68. The fraction of sp³-hybridized carbons (Fsp3) is 0.250. The number of nitrogens with two attached hydrogens (primary N) is 1. The van der Waals surface area contributed by atoms with Crippen LogP contribution in [0.4, 0.5) is 0 Å². The Balaban J connectivity index is 3.18. The van der Waals surface area contributed by atoms with Gasteiger partial charge < -0.3 is 10.8 Å². The second kappa shape index (κ2) is 4.49. The molecule has 13 heavy (non-hydrogen) atoms. The molecule has 0 unspecified atom stereocenters. The zero-order valence-corrected chi connectivity index (χ0v) is 8.87. The molecule has 0 aliphatic carbocycles. The topological polar surface area (TPSA) is 46.2 Å². The van der Waals surface area contributed by atoms with Crippen molar-refractivity contribution in [3.63, 3.8) is 0 Å². The molecule has 1 aromatic rings. The van der Waals surface area contributed by atoms with Crippen molar-refractivity contribution >= 4 is 34.8 Å². The predicted molar refractivity (Wildman–Crippen MR) is 55.5 cm³/mol. The van der Waals surface area contributed by atoms with E-state index in [0.29, 0.717) is 10.6 Å². The summed E-state index contributed by atoms with van der Waals surface area (Å²) in [5.41, 5.74) is 5.78. The number of aliphatic hydroxyl groups is 1. The Morgan fingerprint density at radius 3 is 2.38 bits per heavy atom. The van der Waals surface area contributed by atoms with E-state index in [1.807, 2.05) is 0 Å². The van der Waals surface area contributed by atoms with Crippen LogP contribution in [0.5, 0.6) is 0 Å². The van der Waals surface area contributed by atoms with Gasteiger partial charge in [0.1, 0.15) is 0 Å². The van der Waals surface area contributed by atoms with Gasteiger partial charge in [-0.25, -0.2) is 0 Å². The standard InChI is InChI=1S/C8H8Cl3NO/c9-5-2-1-4(6(13)3-12)7(10)8(5)11/h1-2,6,13H,3,12H2/t6-/m0/s1. The lowest BCUT2D eigenvalue weighted by atomic mass is 10.1. The van der Waals surface area contributed by atoms with E-state index in [4.69, 9.17) is 40.5 Å². The highest BCUT2D eigenvalue weighted by Crippen LogP contribution is 2.35. The number of hydrogen-bond acceptors (Lipinski definition) is 2. The first-order chi connectivity index (χ1) is 6.07. The lowest BCUT2D eigenvalue weighted by molar-refractivity contribution is 0.187. The summed E-state index contributed by atoms with van der Waals surface area (Å²) < 4.78 is 0. The van der Waals surface area contributed by atoms with Crippen molar-refractivity contribution in [2.45, 2.75) is 6.10 Å². The van der Waals surface area contributed by atoms with Gasteiger partial charge in [-0.05, 0) is 6.07 Å². The molecular formula is C8H8Cl3NO. The SMILES string of the molecule is NC[C@H](O)c1ccc(Cl)c(Cl)c1Cl. The third kappa shape index (κ3) is 2.27. The molecule has 0 amide bonds. The number of benzene rings is 1. The lowest BCUT2D eigenvalue weighted by Crippen LogP contribution is -2.11. The van der Waals surface area contributed by atoms with Gasteiger partial charge in [-0.1, -0.05) is 40.9 Å². The Morgan fingerprint density at radius 1 is 1.23 bits per heavy atom. The van der Waals surface area contributed by atoms with Crippen LogP contribution in [0.3, 0.4) is 0 Å². The van der Waals surface area contributed by atoms with E-state index in [1.165, 1.54) is 0 Å². The first-order valence-electron chi connectivity index (χ1n) is 3.59. The Kier molecular flexibility index (Phi) is 3.83. The van der Waals surface area contributed by atoms with Gasteiger partial charge in [0.25, 0.3) is 0 Å². The van der Waals surface area contributed by atoms with Crippen molar-refractivity contribution in [1.82, 2.24) is 0 Å². The van der Waals surface area contributed by atoms with E-state index in [1.54, 1.807) is 12.1 Å². The monoisotopic (exact) mass is 239 g/mol. The van der Waals surface area contributed by atoms with Gasteiger partial charge in [-0.3, -0.25) is 0 Å². The summed E-state index contributed by atoms with van der Waals surface area (Å²) in [6.45, 7) is 0.0949. The summed E-state index contributed by atoms with van der Waals surface area (Å²) in [5, 5.41) is 10.3. The Hall–Kier alpha value is 0.01000. The number of aliphatic hydroxyl groups excluding tert-OH is 1. The van der Waals surface area contributed by atoms with Gasteiger partial charge in [0.15, 0.2) is 0 Å². The highest BCUT2D eigenvalue weighted by Gasteiger charge is 2.13. The highest BCUT2D eigenvalue weighted by molar-refractivity contribution is 6.48. The highest BCUT2D eigenvalue weighted by atomic mass is 35.5. The van der Waals surface area contributed by atoms with Crippen molar-refractivity contribution in [3.05, 3.63) is 32.8 Å². The van der Waals surface area contributed by atoms with E-state index in [-0.39, 0.29) is 16.6 Å². The molecule has 5 heteroatoms. The average molecular weight is 241 g/mol. The maximum atomic E-state index is 9.41. The van der Waals surface area contributed by atoms with Crippen LogP contribution >= 0.6 is 34.8 Å². The molecular weight excluding hydrogens is 232 g/mol. The van der Waals surface area contributed by atoms with Crippen molar-refractivity contribution in [3.8, 4) is 0 Å². The predicted octanol–water partition coefficient (Wildman–Crippen LogP) is 2.64. The van der Waals surface area contributed by atoms with E-state index in [9.17, 15) is 5.11 Å². The molecule has 0 bridgehead atoms. The smallest absolute Gasteiger partial charge is 0.0927 e. The number of halogens is 3. The normalized spacial score (nSPS) is 13.0. The number of hydrogen-bond donors (Lipinski definition) is 2. The van der Waals surface area contributed by atoms with E-state index in [0.717, 1.165) is 0 Å². The molecule has 0 spiro atoms. The Bertz CT molecular complexity index is 317. The fourth-order valence-electron chi connectivity index (χ4n) is 0.925. The zero-order chi connectivity index (χ0) is 10.0. The maximum Gasteiger partial charge on any atom is 0.0927 e. The maximum absolute atomic E-state index is 9.41. The van der Waals surface area contributed by atoms with Crippen LogP contribution in [-0.4, -0.2) is 11.7 Å². The molecule has 2 nitrogen and oxygen atoms in total.